The average molecular weight is 254 g/mol. The van der Waals surface area contributed by atoms with Crippen LogP contribution >= 0.6 is 0 Å². The van der Waals surface area contributed by atoms with Crippen LogP contribution in [0.25, 0.3) is 0 Å². The number of aliphatic imine (C=N–C) groups is 1. The van der Waals surface area contributed by atoms with Crippen LogP contribution < -0.4 is 5.11 Å². The molecule has 1 aromatic carbocycles. The van der Waals surface area contributed by atoms with Gasteiger partial charge in [0.2, 0.25) is 11.6 Å². The van der Waals surface area contributed by atoms with E-state index in [4.69, 9.17) is 0 Å². The van der Waals surface area contributed by atoms with Crippen LogP contribution in [0.4, 0.5) is 18.9 Å². The molecule has 0 bridgehead atoms. The second kappa shape index (κ2) is 6.39. The first kappa shape index (κ1) is 13.7. The van der Waals surface area contributed by atoms with Crippen LogP contribution in [0.5, 0.6) is 5.75 Å². The number of hydrogen-bond acceptors (Lipinski definition) is 3. The molecule has 0 aliphatic heterocycles. The van der Waals surface area contributed by atoms with E-state index in [0.717, 1.165) is 0 Å². The van der Waals surface area contributed by atoms with Crippen molar-refractivity contribution in [2.24, 2.45) is 4.99 Å². The summed E-state index contributed by atoms with van der Waals surface area (Å²) in [5.74, 6) is -4.95. The van der Waals surface area contributed by atoms with Crippen molar-refractivity contribution in [3.8, 4) is 5.75 Å². The molecule has 0 heterocycles. The van der Waals surface area contributed by atoms with Crippen molar-refractivity contribution in [3.63, 3.8) is 0 Å². The standard InChI is InChI=1S/C12H8F3NO2/c13-6-5-11(18)12(15)10(14)7-16-8-1-3-9(17)4-2-8/h1-7,17H/p-1/b6-5+,12-10+,16-7?. The van der Waals surface area contributed by atoms with Gasteiger partial charge in [-0.15, -0.1) is 5.75 Å². The summed E-state index contributed by atoms with van der Waals surface area (Å²) < 4.78 is 37.6. The number of carbonyl (C=O) groups is 1. The van der Waals surface area contributed by atoms with E-state index in [1.165, 1.54) is 24.3 Å². The quantitative estimate of drug-likeness (QED) is 0.612. The van der Waals surface area contributed by atoms with Crippen LogP contribution in [-0.4, -0.2) is 12.0 Å². The Morgan fingerprint density at radius 1 is 1.22 bits per heavy atom. The molecule has 0 atom stereocenters. The molecule has 0 amide bonds. The average Bonchev–Trinajstić information content (AvgIpc) is 2.37. The van der Waals surface area contributed by atoms with Crippen LogP contribution in [0.15, 0.2) is 53.3 Å². The fraction of sp³-hybridized carbons (Fsp3) is 0. The van der Waals surface area contributed by atoms with Crippen LogP contribution in [0.1, 0.15) is 0 Å². The van der Waals surface area contributed by atoms with Crippen molar-refractivity contribution in [2.75, 3.05) is 0 Å². The summed E-state index contributed by atoms with van der Waals surface area (Å²) in [5.41, 5.74) is 0.214. The molecule has 0 saturated carbocycles. The van der Waals surface area contributed by atoms with E-state index >= 15 is 0 Å². The lowest BCUT2D eigenvalue weighted by atomic mass is 10.3. The third-order valence-electron chi connectivity index (χ3n) is 1.80. The summed E-state index contributed by atoms with van der Waals surface area (Å²) in [6.07, 6.45) is 0.521. The van der Waals surface area contributed by atoms with Gasteiger partial charge >= 0.3 is 0 Å². The van der Waals surface area contributed by atoms with Gasteiger partial charge in [-0.1, -0.05) is 12.1 Å². The van der Waals surface area contributed by atoms with Crippen molar-refractivity contribution in [2.45, 2.75) is 0 Å². The third-order valence-corrected chi connectivity index (χ3v) is 1.80. The van der Waals surface area contributed by atoms with Crippen LogP contribution in [0.2, 0.25) is 0 Å². The molecule has 0 radical (unpaired) electrons. The summed E-state index contributed by atoms with van der Waals surface area (Å²) in [6, 6.07) is 4.99. The molecular formula is C12H7F3NO2-. The second-order valence-corrected chi connectivity index (χ2v) is 3.07. The highest BCUT2D eigenvalue weighted by Crippen LogP contribution is 2.16. The van der Waals surface area contributed by atoms with Crippen molar-refractivity contribution in [3.05, 3.63) is 48.3 Å². The monoisotopic (exact) mass is 254 g/mol. The number of carbonyl (C=O) groups excluding carboxylic acids is 1. The molecule has 94 valence electrons. The molecule has 1 aromatic rings. The Labute approximate surface area is 101 Å². The van der Waals surface area contributed by atoms with Gasteiger partial charge in [-0.25, -0.2) is 8.78 Å². The maximum absolute atomic E-state index is 13.1. The van der Waals surface area contributed by atoms with Crippen LogP contribution in [0.3, 0.4) is 0 Å². The molecule has 0 aromatic heterocycles. The molecular weight excluding hydrogens is 247 g/mol. The summed E-state index contributed by atoms with van der Waals surface area (Å²) in [7, 11) is 0. The van der Waals surface area contributed by atoms with Crippen molar-refractivity contribution in [1.29, 1.82) is 0 Å². The number of ketones is 1. The lowest BCUT2D eigenvalue weighted by Gasteiger charge is -2.02. The fourth-order valence-corrected chi connectivity index (χ4v) is 0.968. The predicted molar refractivity (Wildman–Crippen MR) is 58.5 cm³/mol. The first-order valence-electron chi connectivity index (χ1n) is 4.72. The molecule has 0 unspecified atom stereocenters. The number of nitrogens with zero attached hydrogens (tertiary/aromatic N) is 1. The molecule has 0 aliphatic rings. The lowest BCUT2D eigenvalue weighted by Crippen LogP contribution is -1.96. The predicted octanol–water partition coefficient (Wildman–Crippen LogP) is 2.67. The van der Waals surface area contributed by atoms with Gasteiger partial charge in [0.25, 0.3) is 0 Å². The molecule has 3 nitrogen and oxygen atoms in total. The molecule has 0 fully saturated rings. The maximum Gasteiger partial charge on any atom is 0.219 e. The first-order chi connectivity index (χ1) is 8.54. The summed E-state index contributed by atoms with van der Waals surface area (Å²) >= 11 is 0. The topological polar surface area (TPSA) is 52.5 Å². The Bertz CT molecular complexity index is 519. The zero-order valence-electron chi connectivity index (χ0n) is 8.94. The second-order valence-electron chi connectivity index (χ2n) is 3.07. The Morgan fingerprint density at radius 3 is 2.39 bits per heavy atom. The highest BCUT2D eigenvalue weighted by Gasteiger charge is 2.11. The minimum absolute atomic E-state index is 0.195. The minimum Gasteiger partial charge on any atom is -0.872 e. The molecule has 1 rings (SSSR count). The van der Waals surface area contributed by atoms with E-state index in [-0.39, 0.29) is 23.8 Å². The van der Waals surface area contributed by atoms with E-state index in [9.17, 15) is 23.1 Å². The number of allylic oxidation sites excluding steroid dienone is 3. The Morgan fingerprint density at radius 2 is 1.83 bits per heavy atom. The zero-order chi connectivity index (χ0) is 13.5. The smallest absolute Gasteiger partial charge is 0.219 e. The number of rotatable bonds is 4. The van der Waals surface area contributed by atoms with Gasteiger partial charge in [-0.3, -0.25) is 9.79 Å². The molecule has 18 heavy (non-hydrogen) atoms. The van der Waals surface area contributed by atoms with E-state index in [1.807, 2.05) is 0 Å². The summed E-state index contributed by atoms with van der Waals surface area (Å²) in [5, 5.41) is 10.7. The van der Waals surface area contributed by atoms with Gasteiger partial charge in [0.1, 0.15) is 0 Å². The van der Waals surface area contributed by atoms with Crippen LogP contribution in [-0.2, 0) is 4.79 Å². The SMILES string of the molecule is O=C(/C=C/F)/C(F)=C(\F)C=Nc1ccc([O-])cc1. The van der Waals surface area contributed by atoms with E-state index in [2.05, 4.69) is 4.99 Å². The highest BCUT2D eigenvalue weighted by atomic mass is 19.2. The van der Waals surface area contributed by atoms with Gasteiger partial charge < -0.3 is 5.11 Å². The minimum atomic E-state index is -1.74. The van der Waals surface area contributed by atoms with Gasteiger partial charge in [-0.05, 0) is 12.1 Å². The van der Waals surface area contributed by atoms with Crippen LogP contribution in [0, 0.1) is 0 Å². The maximum atomic E-state index is 13.1. The summed E-state index contributed by atoms with van der Waals surface area (Å²) in [6.45, 7) is 0. The fourth-order valence-electron chi connectivity index (χ4n) is 0.968. The van der Waals surface area contributed by atoms with Gasteiger partial charge in [-0.2, -0.15) is 4.39 Å². The van der Waals surface area contributed by atoms with Gasteiger partial charge in [0.15, 0.2) is 5.83 Å². The number of hydrogen-bond donors (Lipinski definition) is 0. The largest absolute Gasteiger partial charge is 0.872 e. The van der Waals surface area contributed by atoms with Crippen molar-refractivity contribution < 1.29 is 23.1 Å². The van der Waals surface area contributed by atoms with Gasteiger partial charge in [0, 0.05) is 6.08 Å². The molecule has 0 saturated heterocycles. The highest BCUT2D eigenvalue weighted by molar-refractivity contribution is 6.05. The first-order valence-corrected chi connectivity index (χ1v) is 4.72. The lowest BCUT2D eigenvalue weighted by molar-refractivity contribution is -0.268. The van der Waals surface area contributed by atoms with E-state index in [0.29, 0.717) is 6.21 Å². The summed E-state index contributed by atoms with van der Waals surface area (Å²) in [4.78, 5) is 14.2. The molecule has 6 heteroatoms. The Balaban J connectivity index is 2.86. The Kier molecular flexibility index (Phi) is 4.86. The molecule has 0 N–H and O–H groups in total. The van der Waals surface area contributed by atoms with Gasteiger partial charge in [0.05, 0.1) is 18.2 Å². The molecule has 0 aliphatic carbocycles. The van der Waals surface area contributed by atoms with Crippen molar-refractivity contribution in [1.82, 2.24) is 0 Å². The van der Waals surface area contributed by atoms with E-state index < -0.39 is 17.4 Å². The van der Waals surface area contributed by atoms with E-state index in [1.54, 1.807) is 0 Å². The number of halogens is 3. The molecule has 0 spiro atoms. The number of benzene rings is 1. The zero-order valence-corrected chi connectivity index (χ0v) is 8.94. The Hall–Kier alpha value is -2.37. The normalized spacial score (nSPS) is 13.1. The third kappa shape index (κ3) is 3.89. The van der Waals surface area contributed by atoms with Crippen molar-refractivity contribution >= 4 is 17.7 Å².